The molecule has 1 N–H and O–H groups in total. The largest absolute Gasteiger partial charge is 0.298 e. The number of nitrogens with one attached hydrogen (secondary N) is 1. The number of carbonyl (C=O) groups excluding carboxylic acids is 1. The van der Waals surface area contributed by atoms with Gasteiger partial charge in [0.15, 0.2) is 16.8 Å². The van der Waals surface area contributed by atoms with Gasteiger partial charge in [0.05, 0.1) is 16.3 Å². The molecule has 0 saturated heterocycles. The van der Waals surface area contributed by atoms with E-state index < -0.39 is 17.5 Å². The maximum Gasteiger partial charge on any atom is 0.259 e. The highest BCUT2D eigenvalue weighted by molar-refractivity contribution is 7.14. The van der Waals surface area contributed by atoms with Crippen LogP contribution in [0.25, 0.3) is 11.3 Å². The Kier molecular flexibility index (Phi) is 4.59. The smallest absolute Gasteiger partial charge is 0.259 e. The molecule has 0 atom stereocenters. The molecule has 2 aromatic carbocycles. The van der Waals surface area contributed by atoms with Crippen molar-refractivity contribution in [2.24, 2.45) is 0 Å². The van der Waals surface area contributed by atoms with Crippen molar-refractivity contribution in [3.63, 3.8) is 0 Å². The number of aryl methyl sites for hydroxylation is 1. The number of amides is 1. The number of carbonyl (C=O) groups is 1. The Morgan fingerprint density at radius 3 is 2.54 bits per heavy atom. The monoisotopic (exact) mass is 364 g/mol. The van der Waals surface area contributed by atoms with Gasteiger partial charge < -0.3 is 0 Å². The van der Waals surface area contributed by atoms with Gasteiger partial charge in [-0.25, -0.2) is 13.8 Å². The Morgan fingerprint density at radius 2 is 1.83 bits per heavy atom. The van der Waals surface area contributed by atoms with Crippen LogP contribution in [0.1, 0.15) is 15.9 Å². The van der Waals surface area contributed by atoms with E-state index in [1.807, 2.05) is 31.2 Å². The summed E-state index contributed by atoms with van der Waals surface area (Å²) in [6, 6.07) is 9.33. The summed E-state index contributed by atoms with van der Waals surface area (Å²) in [7, 11) is 0. The van der Waals surface area contributed by atoms with E-state index in [4.69, 9.17) is 11.6 Å². The van der Waals surface area contributed by atoms with Crippen LogP contribution in [-0.4, -0.2) is 10.9 Å². The van der Waals surface area contributed by atoms with Crippen LogP contribution in [0.3, 0.4) is 0 Å². The standard InChI is InChI=1S/C17H11ClF2N2OS/c1-9-2-4-10(5-3-9)15-8-24-17(21-15)22-16(23)11-6-13(19)14(20)7-12(11)18/h2-8H,1H3,(H,21,22,23). The van der Waals surface area contributed by atoms with Crippen molar-refractivity contribution >= 4 is 34.0 Å². The molecular formula is C17H11ClF2N2OS. The maximum atomic E-state index is 13.3. The van der Waals surface area contributed by atoms with Gasteiger partial charge in [-0.1, -0.05) is 41.4 Å². The molecular weight excluding hydrogens is 354 g/mol. The predicted octanol–water partition coefficient (Wildman–Crippen LogP) is 5.30. The predicted molar refractivity (Wildman–Crippen MR) is 91.6 cm³/mol. The number of rotatable bonds is 3. The summed E-state index contributed by atoms with van der Waals surface area (Å²) in [6.07, 6.45) is 0. The molecule has 24 heavy (non-hydrogen) atoms. The SMILES string of the molecule is Cc1ccc(-c2csc(NC(=O)c3cc(F)c(F)cc3Cl)n2)cc1. The number of benzene rings is 2. The van der Waals surface area contributed by atoms with Crippen molar-refractivity contribution < 1.29 is 13.6 Å². The molecule has 0 aliphatic heterocycles. The molecule has 7 heteroatoms. The van der Waals surface area contributed by atoms with E-state index in [2.05, 4.69) is 10.3 Å². The van der Waals surface area contributed by atoms with Gasteiger partial charge in [0.1, 0.15) is 0 Å². The van der Waals surface area contributed by atoms with Crippen molar-refractivity contribution in [2.45, 2.75) is 6.92 Å². The number of hydrogen-bond donors (Lipinski definition) is 1. The van der Waals surface area contributed by atoms with Crippen molar-refractivity contribution in [1.82, 2.24) is 4.98 Å². The van der Waals surface area contributed by atoms with Gasteiger partial charge in [-0.3, -0.25) is 10.1 Å². The average molecular weight is 365 g/mol. The lowest BCUT2D eigenvalue weighted by molar-refractivity contribution is 0.102. The second kappa shape index (κ2) is 6.67. The zero-order valence-electron chi connectivity index (χ0n) is 12.4. The first-order valence-electron chi connectivity index (χ1n) is 6.92. The summed E-state index contributed by atoms with van der Waals surface area (Å²) in [6.45, 7) is 1.99. The third-order valence-electron chi connectivity index (χ3n) is 3.33. The minimum absolute atomic E-state index is 0.150. The van der Waals surface area contributed by atoms with Gasteiger partial charge in [-0.2, -0.15) is 0 Å². The fraction of sp³-hybridized carbons (Fsp3) is 0.0588. The summed E-state index contributed by atoms with van der Waals surface area (Å²) in [5.41, 5.74) is 2.62. The molecule has 1 heterocycles. The van der Waals surface area contributed by atoms with Crippen molar-refractivity contribution in [1.29, 1.82) is 0 Å². The van der Waals surface area contributed by atoms with Crippen LogP contribution in [-0.2, 0) is 0 Å². The summed E-state index contributed by atoms with van der Waals surface area (Å²) in [5, 5.41) is 4.52. The molecule has 3 nitrogen and oxygen atoms in total. The van der Waals surface area contributed by atoms with E-state index in [1.54, 1.807) is 5.38 Å². The number of anilines is 1. The van der Waals surface area contributed by atoms with Crippen LogP contribution in [0, 0.1) is 18.6 Å². The molecule has 0 spiro atoms. The number of thiazole rings is 1. The van der Waals surface area contributed by atoms with Gasteiger partial charge in [-0.05, 0) is 19.1 Å². The van der Waals surface area contributed by atoms with E-state index in [-0.39, 0.29) is 10.6 Å². The minimum atomic E-state index is -1.14. The zero-order valence-corrected chi connectivity index (χ0v) is 14.0. The molecule has 0 fully saturated rings. The number of aromatic nitrogens is 1. The highest BCUT2D eigenvalue weighted by Gasteiger charge is 2.16. The van der Waals surface area contributed by atoms with Crippen LogP contribution in [0.15, 0.2) is 41.8 Å². The first kappa shape index (κ1) is 16.5. The molecule has 0 saturated carbocycles. The first-order chi connectivity index (χ1) is 11.4. The van der Waals surface area contributed by atoms with Gasteiger partial charge in [0.2, 0.25) is 0 Å². The van der Waals surface area contributed by atoms with E-state index in [0.29, 0.717) is 10.8 Å². The van der Waals surface area contributed by atoms with Crippen LogP contribution in [0.4, 0.5) is 13.9 Å². The van der Waals surface area contributed by atoms with Gasteiger partial charge in [-0.15, -0.1) is 11.3 Å². The Balaban J connectivity index is 1.81. The molecule has 122 valence electrons. The number of halogens is 3. The van der Waals surface area contributed by atoms with E-state index >= 15 is 0 Å². The van der Waals surface area contributed by atoms with E-state index in [9.17, 15) is 13.6 Å². The summed E-state index contributed by atoms with van der Waals surface area (Å²) >= 11 is 7.02. The molecule has 1 aromatic heterocycles. The first-order valence-corrected chi connectivity index (χ1v) is 8.18. The molecule has 0 aliphatic carbocycles. The number of hydrogen-bond acceptors (Lipinski definition) is 3. The highest BCUT2D eigenvalue weighted by Crippen LogP contribution is 2.26. The Labute approximate surface area is 145 Å². The van der Waals surface area contributed by atoms with Gasteiger partial charge in [0, 0.05) is 10.9 Å². The summed E-state index contributed by atoms with van der Waals surface area (Å²) in [5.74, 6) is -2.89. The quantitative estimate of drug-likeness (QED) is 0.640. The van der Waals surface area contributed by atoms with Crippen molar-refractivity contribution in [2.75, 3.05) is 5.32 Å². The van der Waals surface area contributed by atoms with Crippen LogP contribution >= 0.6 is 22.9 Å². The van der Waals surface area contributed by atoms with Crippen LogP contribution < -0.4 is 5.32 Å². The minimum Gasteiger partial charge on any atom is -0.298 e. The van der Waals surface area contributed by atoms with Crippen LogP contribution in [0.5, 0.6) is 0 Å². The number of nitrogens with zero attached hydrogens (tertiary/aromatic N) is 1. The Bertz CT molecular complexity index is 909. The molecule has 0 unspecified atom stereocenters. The molecule has 0 aliphatic rings. The van der Waals surface area contributed by atoms with Gasteiger partial charge in [0.25, 0.3) is 5.91 Å². The fourth-order valence-corrected chi connectivity index (χ4v) is 3.00. The normalized spacial score (nSPS) is 10.7. The molecule has 1 amide bonds. The lowest BCUT2D eigenvalue weighted by Gasteiger charge is -2.05. The Hall–Kier alpha value is -2.31. The third kappa shape index (κ3) is 3.44. The summed E-state index contributed by atoms with van der Waals surface area (Å²) < 4.78 is 26.4. The van der Waals surface area contributed by atoms with Crippen LogP contribution in [0.2, 0.25) is 5.02 Å². The Morgan fingerprint density at radius 1 is 1.17 bits per heavy atom. The van der Waals surface area contributed by atoms with E-state index in [0.717, 1.165) is 23.3 Å². The molecule has 0 radical (unpaired) electrons. The van der Waals surface area contributed by atoms with Crippen molar-refractivity contribution in [3.8, 4) is 11.3 Å². The fourth-order valence-electron chi connectivity index (χ4n) is 2.05. The second-order valence-electron chi connectivity index (χ2n) is 5.10. The molecule has 3 aromatic rings. The van der Waals surface area contributed by atoms with Gasteiger partial charge >= 0.3 is 0 Å². The van der Waals surface area contributed by atoms with E-state index in [1.165, 1.54) is 11.3 Å². The average Bonchev–Trinajstić information content (AvgIpc) is 3.00. The highest BCUT2D eigenvalue weighted by atomic mass is 35.5. The molecule has 0 bridgehead atoms. The lowest BCUT2D eigenvalue weighted by atomic mass is 10.1. The zero-order chi connectivity index (χ0) is 17.3. The molecule has 3 rings (SSSR count). The van der Waals surface area contributed by atoms with Crippen molar-refractivity contribution in [3.05, 3.63) is 69.6 Å². The topological polar surface area (TPSA) is 42.0 Å². The summed E-state index contributed by atoms with van der Waals surface area (Å²) in [4.78, 5) is 16.5. The third-order valence-corrected chi connectivity index (χ3v) is 4.40. The maximum absolute atomic E-state index is 13.3. The lowest BCUT2D eigenvalue weighted by Crippen LogP contribution is -2.13. The second-order valence-corrected chi connectivity index (χ2v) is 6.37.